The molecule has 106 valence electrons. The third-order valence-electron chi connectivity index (χ3n) is 3.45. The van der Waals surface area contributed by atoms with Crippen molar-refractivity contribution in [2.24, 2.45) is 11.8 Å². The molecule has 0 amide bonds. The van der Waals surface area contributed by atoms with Crippen molar-refractivity contribution < 1.29 is 9.47 Å². The molecule has 1 heterocycles. The number of hydrogen-bond acceptors (Lipinski definition) is 4. The molecular formula is C15H24N2O2. The van der Waals surface area contributed by atoms with Gasteiger partial charge in [-0.15, -0.1) is 0 Å². The minimum absolute atomic E-state index is 0.121. The number of fused-ring (bicyclic) bond motifs is 1. The number of hydrazine groups is 1. The highest BCUT2D eigenvalue weighted by Crippen LogP contribution is 2.38. The van der Waals surface area contributed by atoms with Gasteiger partial charge in [-0.05, 0) is 18.4 Å². The number of nitrogens with one attached hydrogen (secondary N) is 1. The summed E-state index contributed by atoms with van der Waals surface area (Å²) in [5.41, 5.74) is 4.01. The van der Waals surface area contributed by atoms with Crippen molar-refractivity contribution in [1.82, 2.24) is 5.43 Å². The van der Waals surface area contributed by atoms with E-state index in [-0.39, 0.29) is 6.04 Å². The Hall–Kier alpha value is -1.26. The van der Waals surface area contributed by atoms with Gasteiger partial charge in [-0.2, -0.15) is 0 Å². The highest BCUT2D eigenvalue weighted by Gasteiger charge is 2.21. The van der Waals surface area contributed by atoms with Gasteiger partial charge in [-0.25, -0.2) is 0 Å². The average Bonchev–Trinajstić information content (AvgIpc) is 2.43. The lowest BCUT2D eigenvalue weighted by atomic mass is 9.97. The van der Waals surface area contributed by atoms with Crippen LogP contribution in [-0.2, 0) is 0 Å². The van der Waals surface area contributed by atoms with Crippen molar-refractivity contribution in [2.45, 2.75) is 39.2 Å². The predicted octanol–water partition coefficient (Wildman–Crippen LogP) is 2.79. The fourth-order valence-electron chi connectivity index (χ4n) is 2.43. The zero-order chi connectivity index (χ0) is 13.7. The van der Waals surface area contributed by atoms with Crippen molar-refractivity contribution >= 4 is 0 Å². The molecule has 0 radical (unpaired) electrons. The van der Waals surface area contributed by atoms with Gasteiger partial charge in [0, 0.05) is 11.6 Å². The van der Waals surface area contributed by atoms with E-state index in [1.165, 1.54) is 6.42 Å². The molecule has 3 N–H and O–H groups in total. The van der Waals surface area contributed by atoms with E-state index in [9.17, 15) is 0 Å². The van der Waals surface area contributed by atoms with Crippen LogP contribution in [0.25, 0.3) is 0 Å². The Bertz CT molecular complexity index is 407. The highest BCUT2D eigenvalue weighted by molar-refractivity contribution is 5.48. The molecule has 0 aliphatic carbocycles. The summed E-state index contributed by atoms with van der Waals surface area (Å²) >= 11 is 0. The summed E-state index contributed by atoms with van der Waals surface area (Å²) in [5, 5.41) is 0. The van der Waals surface area contributed by atoms with Gasteiger partial charge in [-0.3, -0.25) is 11.3 Å². The lowest BCUT2D eigenvalue weighted by Crippen LogP contribution is -2.29. The Labute approximate surface area is 115 Å². The lowest BCUT2D eigenvalue weighted by molar-refractivity contribution is 0.168. The molecule has 0 spiro atoms. The zero-order valence-corrected chi connectivity index (χ0v) is 11.8. The van der Waals surface area contributed by atoms with Crippen molar-refractivity contribution in [3.05, 3.63) is 23.8 Å². The van der Waals surface area contributed by atoms with E-state index < -0.39 is 0 Å². The Balaban J connectivity index is 2.09. The summed E-state index contributed by atoms with van der Waals surface area (Å²) in [7, 11) is 0. The smallest absolute Gasteiger partial charge is 0.166 e. The van der Waals surface area contributed by atoms with Crippen LogP contribution in [0.4, 0.5) is 0 Å². The summed E-state index contributed by atoms with van der Waals surface area (Å²) in [6.45, 7) is 5.70. The van der Waals surface area contributed by atoms with E-state index in [0.717, 1.165) is 35.8 Å². The van der Waals surface area contributed by atoms with Gasteiger partial charge in [0.25, 0.3) is 0 Å². The minimum Gasteiger partial charge on any atom is -0.486 e. The SMILES string of the molecule is CC(C)CCCC(NN)c1cccc2c1OCCO2. The lowest BCUT2D eigenvalue weighted by Gasteiger charge is -2.25. The fourth-order valence-corrected chi connectivity index (χ4v) is 2.43. The molecule has 19 heavy (non-hydrogen) atoms. The number of rotatable bonds is 6. The molecule has 0 bridgehead atoms. The van der Waals surface area contributed by atoms with Crippen LogP contribution in [0.1, 0.15) is 44.7 Å². The molecule has 4 nitrogen and oxygen atoms in total. The summed E-state index contributed by atoms with van der Waals surface area (Å²) in [6, 6.07) is 6.12. The molecule has 1 aromatic carbocycles. The van der Waals surface area contributed by atoms with Crippen LogP contribution in [0, 0.1) is 5.92 Å². The summed E-state index contributed by atoms with van der Waals surface area (Å²) in [6.07, 6.45) is 3.37. The maximum Gasteiger partial charge on any atom is 0.166 e. The molecule has 0 saturated heterocycles. The number of hydrogen-bond donors (Lipinski definition) is 2. The van der Waals surface area contributed by atoms with E-state index in [0.29, 0.717) is 13.2 Å². The first-order valence-corrected chi connectivity index (χ1v) is 7.07. The zero-order valence-electron chi connectivity index (χ0n) is 11.8. The van der Waals surface area contributed by atoms with Crippen LogP contribution in [0.2, 0.25) is 0 Å². The first-order valence-electron chi connectivity index (χ1n) is 7.07. The second-order valence-corrected chi connectivity index (χ2v) is 5.42. The van der Waals surface area contributed by atoms with Crippen LogP contribution in [-0.4, -0.2) is 13.2 Å². The molecule has 0 aromatic heterocycles. The number of ether oxygens (including phenoxy) is 2. The normalized spacial score (nSPS) is 15.6. The van der Waals surface area contributed by atoms with Crippen LogP contribution >= 0.6 is 0 Å². The molecule has 1 aliphatic heterocycles. The Morgan fingerprint density at radius 1 is 1.21 bits per heavy atom. The topological polar surface area (TPSA) is 56.5 Å². The van der Waals surface area contributed by atoms with Gasteiger partial charge in [0.15, 0.2) is 11.5 Å². The van der Waals surface area contributed by atoms with Gasteiger partial charge in [-0.1, -0.05) is 38.8 Å². The first-order chi connectivity index (χ1) is 9.22. The maximum absolute atomic E-state index is 5.74. The summed E-state index contributed by atoms with van der Waals surface area (Å²) in [5.74, 6) is 8.11. The van der Waals surface area contributed by atoms with Gasteiger partial charge in [0.2, 0.25) is 0 Å². The number of para-hydroxylation sites is 1. The molecule has 1 unspecified atom stereocenters. The van der Waals surface area contributed by atoms with Crippen molar-refractivity contribution in [2.75, 3.05) is 13.2 Å². The number of benzene rings is 1. The predicted molar refractivity (Wildman–Crippen MR) is 76.2 cm³/mol. The van der Waals surface area contributed by atoms with E-state index in [1.807, 2.05) is 12.1 Å². The monoisotopic (exact) mass is 264 g/mol. The van der Waals surface area contributed by atoms with Crippen LogP contribution < -0.4 is 20.7 Å². The molecule has 0 fully saturated rings. The molecule has 1 aliphatic rings. The average molecular weight is 264 g/mol. The quantitative estimate of drug-likeness (QED) is 0.613. The Kier molecular flexibility index (Phi) is 5.05. The van der Waals surface area contributed by atoms with Crippen LogP contribution in [0.5, 0.6) is 11.5 Å². The largest absolute Gasteiger partial charge is 0.486 e. The number of nitrogens with two attached hydrogens (primary N) is 1. The van der Waals surface area contributed by atoms with Gasteiger partial charge in [0.05, 0.1) is 0 Å². The Morgan fingerprint density at radius 2 is 2.00 bits per heavy atom. The van der Waals surface area contributed by atoms with Crippen molar-refractivity contribution in [1.29, 1.82) is 0 Å². The van der Waals surface area contributed by atoms with Gasteiger partial charge < -0.3 is 9.47 Å². The second kappa shape index (κ2) is 6.78. The van der Waals surface area contributed by atoms with Gasteiger partial charge in [0.1, 0.15) is 13.2 Å². The Morgan fingerprint density at radius 3 is 2.74 bits per heavy atom. The molecule has 0 saturated carbocycles. The van der Waals surface area contributed by atoms with Crippen molar-refractivity contribution in [3.8, 4) is 11.5 Å². The van der Waals surface area contributed by atoms with Crippen LogP contribution in [0.3, 0.4) is 0 Å². The van der Waals surface area contributed by atoms with E-state index >= 15 is 0 Å². The fraction of sp³-hybridized carbons (Fsp3) is 0.600. The minimum atomic E-state index is 0.121. The van der Waals surface area contributed by atoms with E-state index in [4.69, 9.17) is 15.3 Å². The molecular weight excluding hydrogens is 240 g/mol. The standard InChI is InChI=1S/C15H24N2O2/c1-11(2)5-3-7-13(17-16)12-6-4-8-14-15(12)19-10-9-18-14/h4,6,8,11,13,17H,3,5,7,9-10,16H2,1-2H3. The van der Waals surface area contributed by atoms with E-state index in [1.54, 1.807) is 0 Å². The van der Waals surface area contributed by atoms with Crippen LogP contribution in [0.15, 0.2) is 18.2 Å². The molecule has 1 atom stereocenters. The highest BCUT2D eigenvalue weighted by atomic mass is 16.6. The van der Waals surface area contributed by atoms with Gasteiger partial charge >= 0.3 is 0 Å². The third-order valence-corrected chi connectivity index (χ3v) is 3.45. The maximum atomic E-state index is 5.74. The van der Waals surface area contributed by atoms with Crippen molar-refractivity contribution in [3.63, 3.8) is 0 Å². The third kappa shape index (κ3) is 3.61. The summed E-state index contributed by atoms with van der Waals surface area (Å²) in [4.78, 5) is 0. The first kappa shape index (κ1) is 14.2. The molecule has 2 rings (SSSR count). The molecule has 4 heteroatoms. The molecule has 1 aromatic rings. The second-order valence-electron chi connectivity index (χ2n) is 5.42. The summed E-state index contributed by atoms with van der Waals surface area (Å²) < 4.78 is 11.4. The van der Waals surface area contributed by atoms with E-state index in [2.05, 4.69) is 25.3 Å².